The number of nitrogens with zero attached hydrogens (tertiary/aromatic N) is 1. The molecule has 0 atom stereocenters. The monoisotopic (exact) mass is 407 g/mol. The zero-order valence-corrected chi connectivity index (χ0v) is 19.6. The van der Waals surface area contributed by atoms with E-state index in [-0.39, 0.29) is 0 Å². The molecule has 0 spiro atoms. The average molecular weight is 408 g/mol. The molecule has 0 unspecified atom stereocenters. The predicted molar refractivity (Wildman–Crippen MR) is 137 cm³/mol. The summed E-state index contributed by atoms with van der Waals surface area (Å²) in [5.41, 5.74) is 11.1. The van der Waals surface area contributed by atoms with Crippen molar-refractivity contribution in [2.75, 3.05) is 4.90 Å². The lowest BCUT2D eigenvalue weighted by Gasteiger charge is -2.27. The molecule has 0 amide bonds. The van der Waals surface area contributed by atoms with E-state index in [0.717, 1.165) is 0 Å². The highest BCUT2D eigenvalue weighted by molar-refractivity contribution is 5.79. The van der Waals surface area contributed by atoms with Crippen LogP contribution in [0.2, 0.25) is 0 Å². The molecule has 1 heteroatoms. The van der Waals surface area contributed by atoms with Crippen LogP contribution >= 0.6 is 0 Å². The van der Waals surface area contributed by atoms with Crippen molar-refractivity contribution >= 4 is 17.1 Å². The normalized spacial score (nSPS) is 10.3. The molecule has 0 fully saturated rings. The highest BCUT2D eigenvalue weighted by Gasteiger charge is 2.14. The fourth-order valence-corrected chi connectivity index (χ4v) is 4.04. The van der Waals surface area contributed by atoms with Crippen LogP contribution in [-0.2, 0) is 0 Å². The van der Waals surface area contributed by atoms with Crippen molar-refractivity contribution in [3.63, 3.8) is 0 Å². The lowest BCUT2D eigenvalue weighted by Crippen LogP contribution is -2.11. The van der Waals surface area contributed by atoms with E-state index in [1.54, 1.807) is 0 Å². The maximum absolute atomic E-state index is 2.36. The molecule has 0 saturated heterocycles. The molecule has 0 bridgehead atoms. The SMILES string of the molecule is CC.Cc1cc(C)cc(N(c2ccc(-c3ccccc3)cc2)c2cc(C)cc(C)c2)c1. The van der Waals surface area contributed by atoms with Crippen LogP contribution in [0.15, 0.2) is 91.0 Å². The number of hydrogen-bond donors (Lipinski definition) is 0. The fraction of sp³-hybridized carbons (Fsp3) is 0.200. The van der Waals surface area contributed by atoms with E-state index < -0.39 is 0 Å². The van der Waals surface area contributed by atoms with Crippen LogP contribution in [0.25, 0.3) is 11.1 Å². The summed E-state index contributed by atoms with van der Waals surface area (Å²) in [5, 5.41) is 0. The Balaban J connectivity index is 0.00000132. The summed E-state index contributed by atoms with van der Waals surface area (Å²) in [6.07, 6.45) is 0. The Labute approximate surface area is 188 Å². The van der Waals surface area contributed by atoms with Crippen molar-refractivity contribution in [3.05, 3.63) is 113 Å². The fourth-order valence-electron chi connectivity index (χ4n) is 4.04. The minimum atomic E-state index is 1.17. The molecule has 1 nitrogen and oxygen atoms in total. The molecule has 158 valence electrons. The molecule has 31 heavy (non-hydrogen) atoms. The quantitative estimate of drug-likeness (QED) is 0.326. The van der Waals surface area contributed by atoms with Gasteiger partial charge in [0.1, 0.15) is 0 Å². The van der Waals surface area contributed by atoms with E-state index in [9.17, 15) is 0 Å². The van der Waals surface area contributed by atoms with Gasteiger partial charge in [0.25, 0.3) is 0 Å². The molecule has 4 aromatic carbocycles. The second-order valence-corrected chi connectivity index (χ2v) is 7.94. The van der Waals surface area contributed by atoms with Gasteiger partial charge in [0.15, 0.2) is 0 Å². The molecule has 0 aromatic heterocycles. The van der Waals surface area contributed by atoms with Gasteiger partial charge >= 0.3 is 0 Å². The van der Waals surface area contributed by atoms with Crippen LogP contribution in [0.1, 0.15) is 36.1 Å². The molecule has 0 radical (unpaired) electrons. The molecule has 0 N–H and O–H groups in total. The van der Waals surface area contributed by atoms with E-state index >= 15 is 0 Å². The smallest absolute Gasteiger partial charge is 0.0466 e. The Bertz CT molecular complexity index is 1030. The van der Waals surface area contributed by atoms with E-state index in [0.29, 0.717) is 0 Å². The number of hydrogen-bond acceptors (Lipinski definition) is 1. The van der Waals surface area contributed by atoms with Crippen LogP contribution in [-0.4, -0.2) is 0 Å². The molecule has 0 aliphatic heterocycles. The van der Waals surface area contributed by atoms with E-state index in [4.69, 9.17) is 0 Å². The Morgan fingerprint density at radius 1 is 0.419 bits per heavy atom. The van der Waals surface area contributed by atoms with Crippen molar-refractivity contribution in [1.82, 2.24) is 0 Å². The lowest BCUT2D eigenvalue weighted by atomic mass is 10.0. The third-order valence-electron chi connectivity index (χ3n) is 5.16. The van der Waals surface area contributed by atoms with Gasteiger partial charge in [0.2, 0.25) is 0 Å². The van der Waals surface area contributed by atoms with Gasteiger partial charge in [-0.15, -0.1) is 0 Å². The van der Waals surface area contributed by atoms with Gasteiger partial charge in [-0.2, -0.15) is 0 Å². The molecule has 4 rings (SSSR count). The number of benzene rings is 4. The zero-order valence-electron chi connectivity index (χ0n) is 19.6. The Hall–Kier alpha value is -3.32. The van der Waals surface area contributed by atoms with E-state index in [2.05, 4.69) is 124 Å². The summed E-state index contributed by atoms with van der Waals surface area (Å²) >= 11 is 0. The van der Waals surface area contributed by atoms with Gasteiger partial charge in [-0.25, -0.2) is 0 Å². The summed E-state index contributed by atoms with van der Waals surface area (Å²) < 4.78 is 0. The Morgan fingerprint density at radius 2 is 0.806 bits per heavy atom. The zero-order chi connectivity index (χ0) is 22.4. The predicted octanol–water partition coefficient (Wildman–Crippen LogP) is 9.08. The van der Waals surface area contributed by atoms with Gasteiger partial charge < -0.3 is 4.90 Å². The second kappa shape index (κ2) is 10.1. The minimum absolute atomic E-state index is 1.17. The summed E-state index contributed by atoms with van der Waals surface area (Å²) in [6, 6.07) is 32.9. The lowest BCUT2D eigenvalue weighted by molar-refractivity contribution is 1.23. The Kier molecular flexibility index (Phi) is 7.31. The summed E-state index contributed by atoms with van der Waals surface area (Å²) in [6.45, 7) is 12.6. The van der Waals surface area contributed by atoms with Crippen molar-refractivity contribution < 1.29 is 0 Å². The maximum Gasteiger partial charge on any atom is 0.0466 e. The van der Waals surface area contributed by atoms with Gasteiger partial charge in [-0.3, -0.25) is 0 Å². The molecular weight excluding hydrogens is 374 g/mol. The van der Waals surface area contributed by atoms with Crippen LogP contribution in [0.3, 0.4) is 0 Å². The first-order valence-corrected chi connectivity index (χ1v) is 11.1. The highest BCUT2D eigenvalue weighted by atomic mass is 15.1. The third kappa shape index (κ3) is 5.44. The molecule has 0 aliphatic carbocycles. The standard InChI is InChI=1S/C28H27N.C2H6/c1-20-14-21(2)17-27(16-20)29(28-18-22(3)15-23(4)19-28)26-12-10-25(11-13-26)24-8-6-5-7-9-24;1-2/h5-19H,1-4H3;1-2H3. The largest absolute Gasteiger partial charge is 0.310 e. The van der Waals surface area contributed by atoms with Crippen molar-refractivity contribution in [3.8, 4) is 11.1 Å². The van der Waals surface area contributed by atoms with Crippen molar-refractivity contribution in [2.45, 2.75) is 41.5 Å². The number of aryl methyl sites for hydroxylation is 4. The molecule has 4 aromatic rings. The molecule has 0 aliphatic rings. The summed E-state index contributed by atoms with van der Waals surface area (Å²) in [4.78, 5) is 2.36. The highest BCUT2D eigenvalue weighted by Crippen LogP contribution is 2.37. The van der Waals surface area contributed by atoms with Crippen LogP contribution in [0.5, 0.6) is 0 Å². The van der Waals surface area contributed by atoms with E-state index in [1.165, 1.54) is 50.4 Å². The van der Waals surface area contributed by atoms with Crippen LogP contribution in [0.4, 0.5) is 17.1 Å². The first-order chi connectivity index (χ1) is 15.0. The minimum Gasteiger partial charge on any atom is -0.310 e. The average Bonchev–Trinajstić information content (AvgIpc) is 2.75. The summed E-state index contributed by atoms with van der Waals surface area (Å²) in [7, 11) is 0. The number of rotatable bonds is 4. The first-order valence-electron chi connectivity index (χ1n) is 11.1. The Morgan fingerprint density at radius 3 is 1.23 bits per heavy atom. The molecule has 0 saturated carbocycles. The van der Waals surface area contributed by atoms with Crippen LogP contribution in [0, 0.1) is 27.7 Å². The second-order valence-electron chi connectivity index (χ2n) is 7.94. The van der Waals surface area contributed by atoms with Gasteiger partial charge in [0.05, 0.1) is 0 Å². The van der Waals surface area contributed by atoms with Crippen molar-refractivity contribution in [2.24, 2.45) is 0 Å². The van der Waals surface area contributed by atoms with Gasteiger partial charge in [-0.05, 0) is 97.5 Å². The van der Waals surface area contributed by atoms with Crippen LogP contribution < -0.4 is 4.90 Å². The van der Waals surface area contributed by atoms with Gasteiger partial charge in [-0.1, -0.05) is 68.4 Å². The first kappa shape index (κ1) is 22.4. The maximum atomic E-state index is 2.36. The molecule has 0 heterocycles. The van der Waals surface area contributed by atoms with Crippen molar-refractivity contribution in [1.29, 1.82) is 0 Å². The summed E-state index contributed by atoms with van der Waals surface area (Å²) in [5.74, 6) is 0. The van der Waals surface area contributed by atoms with Gasteiger partial charge in [0, 0.05) is 17.1 Å². The topological polar surface area (TPSA) is 3.24 Å². The molecular formula is C30H33N. The van der Waals surface area contributed by atoms with E-state index in [1.807, 2.05) is 13.8 Å². The number of anilines is 3. The third-order valence-corrected chi connectivity index (χ3v) is 5.16.